The van der Waals surface area contributed by atoms with Crippen molar-refractivity contribution >= 4 is 17.5 Å². The van der Waals surface area contributed by atoms with Gasteiger partial charge in [-0.2, -0.15) is 4.68 Å². The highest BCUT2D eigenvalue weighted by molar-refractivity contribution is 6.00. The van der Waals surface area contributed by atoms with Gasteiger partial charge in [0.15, 0.2) is 5.82 Å². The molecule has 0 spiro atoms. The van der Waals surface area contributed by atoms with Gasteiger partial charge < -0.3 is 19.7 Å². The third kappa shape index (κ3) is 4.53. The Hall–Kier alpha value is -3.95. The minimum atomic E-state index is -0.455. The van der Waals surface area contributed by atoms with Gasteiger partial charge in [0.05, 0.1) is 31.9 Å². The first kappa shape index (κ1) is 21.3. The zero-order valence-corrected chi connectivity index (χ0v) is 17.9. The molecule has 166 valence electrons. The van der Waals surface area contributed by atoms with E-state index in [0.717, 1.165) is 11.4 Å². The number of aromatic nitrogens is 4. The summed E-state index contributed by atoms with van der Waals surface area (Å²) in [6, 6.07) is 14.6. The second-order valence-corrected chi connectivity index (χ2v) is 7.26. The topological polar surface area (TPSA) is 111 Å². The zero-order valence-electron chi connectivity index (χ0n) is 17.9. The van der Waals surface area contributed by atoms with Gasteiger partial charge in [0.1, 0.15) is 11.5 Å². The van der Waals surface area contributed by atoms with Crippen molar-refractivity contribution in [2.45, 2.75) is 19.9 Å². The summed E-state index contributed by atoms with van der Waals surface area (Å²) in [4.78, 5) is 26.8. The molecular weight excluding hydrogens is 412 g/mol. The number of rotatable bonds is 8. The first-order valence-electron chi connectivity index (χ1n) is 10.3. The molecule has 10 nitrogen and oxygen atoms in total. The maximum Gasteiger partial charge on any atom is 0.227 e. The third-order valence-corrected chi connectivity index (χ3v) is 5.21. The largest absolute Gasteiger partial charge is 0.497 e. The molecule has 1 saturated heterocycles. The lowest BCUT2D eigenvalue weighted by Crippen LogP contribution is -2.33. The van der Waals surface area contributed by atoms with Crippen LogP contribution in [0.2, 0.25) is 0 Å². The Balaban J connectivity index is 1.38. The maximum atomic E-state index is 12.7. The van der Waals surface area contributed by atoms with Crippen LogP contribution in [0.5, 0.6) is 11.5 Å². The molecule has 0 bridgehead atoms. The monoisotopic (exact) mass is 436 g/mol. The molecule has 0 saturated carbocycles. The average molecular weight is 436 g/mol. The molecule has 32 heavy (non-hydrogen) atoms. The number of benzene rings is 2. The predicted octanol–water partition coefficient (Wildman–Crippen LogP) is 1.74. The Labute approximate surface area is 185 Å². The van der Waals surface area contributed by atoms with Crippen LogP contribution in [0, 0.1) is 5.92 Å². The van der Waals surface area contributed by atoms with Crippen molar-refractivity contribution in [1.82, 2.24) is 25.5 Å². The van der Waals surface area contributed by atoms with Crippen molar-refractivity contribution in [3.05, 3.63) is 54.4 Å². The number of nitrogens with one attached hydrogen (secondary N) is 1. The van der Waals surface area contributed by atoms with E-state index in [1.165, 1.54) is 0 Å². The molecule has 1 aromatic heterocycles. The van der Waals surface area contributed by atoms with E-state index in [1.54, 1.807) is 22.8 Å². The Morgan fingerprint density at radius 3 is 2.72 bits per heavy atom. The lowest BCUT2D eigenvalue weighted by atomic mass is 10.1. The summed E-state index contributed by atoms with van der Waals surface area (Å²) in [5.41, 5.74) is 1.46. The van der Waals surface area contributed by atoms with E-state index in [4.69, 9.17) is 9.47 Å². The molecule has 1 unspecified atom stereocenters. The first-order chi connectivity index (χ1) is 15.6. The summed E-state index contributed by atoms with van der Waals surface area (Å²) in [5, 5.41) is 14.6. The molecule has 2 heterocycles. The minimum absolute atomic E-state index is 0.0994. The van der Waals surface area contributed by atoms with Crippen LogP contribution in [0.15, 0.2) is 48.5 Å². The summed E-state index contributed by atoms with van der Waals surface area (Å²) >= 11 is 0. The van der Waals surface area contributed by atoms with Crippen LogP contribution >= 0.6 is 0 Å². The number of tetrazole rings is 1. The summed E-state index contributed by atoms with van der Waals surface area (Å²) in [6.07, 6.45) is 0.146. The van der Waals surface area contributed by atoms with Crippen LogP contribution in [-0.2, 0) is 16.1 Å². The number of carbonyl (C=O) groups excluding carboxylic acids is 2. The summed E-state index contributed by atoms with van der Waals surface area (Å²) in [7, 11) is 1.57. The van der Waals surface area contributed by atoms with Gasteiger partial charge >= 0.3 is 0 Å². The highest BCUT2D eigenvalue weighted by Gasteiger charge is 2.35. The maximum absolute atomic E-state index is 12.7. The molecule has 1 fully saturated rings. The van der Waals surface area contributed by atoms with E-state index in [2.05, 4.69) is 20.8 Å². The van der Waals surface area contributed by atoms with Crippen LogP contribution in [-0.4, -0.2) is 52.3 Å². The van der Waals surface area contributed by atoms with E-state index in [1.807, 2.05) is 49.4 Å². The van der Waals surface area contributed by atoms with Crippen molar-refractivity contribution in [2.24, 2.45) is 5.92 Å². The molecule has 1 N–H and O–H groups in total. The van der Waals surface area contributed by atoms with Crippen molar-refractivity contribution < 1.29 is 19.1 Å². The standard InChI is InChI=1S/C22H24N6O4/c1-3-32-18-9-7-16(8-10-18)28-20(24-25-26-28)13-23-22(30)15-11-21(29)27(14-15)17-5-4-6-19(12-17)31-2/h4-10,12,15H,3,11,13-14H2,1-2H3,(H,23,30). The Morgan fingerprint density at radius 2 is 1.97 bits per heavy atom. The van der Waals surface area contributed by atoms with E-state index < -0.39 is 5.92 Å². The summed E-state index contributed by atoms with van der Waals surface area (Å²) < 4.78 is 12.2. The van der Waals surface area contributed by atoms with Gasteiger partial charge in [0, 0.05) is 24.7 Å². The molecule has 1 aliphatic heterocycles. The van der Waals surface area contributed by atoms with Crippen LogP contribution < -0.4 is 19.7 Å². The van der Waals surface area contributed by atoms with E-state index in [0.29, 0.717) is 30.4 Å². The molecule has 2 amide bonds. The van der Waals surface area contributed by atoms with E-state index >= 15 is 0 Å². The second kappa shape index (κ2) is 9.46. The fourth-order valence-electron chi connectivity index (χ4n) is 3.59. The number of hydrogen-bond donors (Lipinski definition) is 1. The number of methoxy groups -OCH3 is 1. The second-order valence-electron chi connectivity index (χ2n) is 7.26. The zero-order chi connectivity index (χ0) is 22.5. The fraction of sp³-hybridized carbons (Fsp3) is 0.318. The van der Waals surface area contributed by atoms with Crippen LogP contribution in [0.25, 0.3) is 5.69 Å². The smallest absolute Gasteiger partial charge is 0.227 e. The number of nitrogens with zero attached hydrogens (tertiary/aromatic N) is 5. The molecule has 1 aliphatic rings. The number of anilines is 1. The van der Waals surface area contributed by atoms with Gasteiger partial charge in [-0.05, 0) is 53.7 Å². The molecular formula is C22H24N6O4. The number of amides is 2. The van der Waals surface area contributed by atoms with Crippen molar-refractivity contribution in [1.29, 1.82) is 0 Å². The van der Waals surface area contributed by atoms with Gasteiger partial charge in [-0.15, -0.1) is 5.10 Å². The van der Waals surface area contributed by atoms with Crippen molar-refractivity contribution in [3.63, 3.8) is 0 Å². The predicted molar refractivity (Wildman–Crippen MR) is 116 cm³/mol. The molecule has 0 aliphatic carbocycles. The lowest BCUT2D eigenvalue weighted by molar-refractivity contribution is -0.126. The first-order valence-corrected chi connectivity index (χ1v) is 10.3. The fourth-order valence-corrected chi connectivity index (χ4v) is 3.59. The van der Waals surface area contributed by atoms with Crippen LogP contribution in [0.4, 0.5) is 5.69 Å². The van der Waals surface area contributed by atoms with E-state index in [-0.39, 0.29) is 24.8 Å². The van der Waals surface area contributed by atoms with Crippen molar-refractivity contribution in [3.8, 4) is 17.2 Å². The quantitative estimate of drug-likeness (QED) is 0.572. The van der Waals surface area contributed by atoms with Gasteiger partial charge in [-0.25, -0.2) is 0 Å². The molecule has 0 radical (unpaired) electrons. The van der Waals surface area contributed by atoms with Gasteiger partial charge in [0.2, 0.25) is 11.8 Å². The normalized spacial score (nSPS) is 15.6. The highest BCUT2D eigenvalue weighted by Crippen LogP contribution is 2.28. The lowest BCUT2D eigenvalue weighted by Gasteiger charge is -2.17. The Morgan fingerprint density at radius 1 is 1.16 bits per heavy atom. The van der Waals surface area contributed by atoms with Crippen molar-refractivity contribution in [2.75, 3.05) is 25.2 Å². The van der Waals surface area contributed by atoms with Gasteiger partial charge in [-0.3, -0.25) is 9.59 Å². The summed E-state index contributed by atoms with van der Waals surface area (Å²) in [5.74, 6) is 1.12. The Bertz CT molecular complexity index is 1100. The Kier molecular flexibility index (Phi) is 6.29. The number of hydrogen-bond acceptors (Lipinski definition) is 7. The molecule has 3 aromatic rings. The highest BCUT2D eigenvalue weighted by atomic mass is 16.5. The molecule has 1 atom stereocenters. The number of ether oxygens (including phenoxy) is 2. The number of carbonyl (C=O) groups is 2. The van der Waals surface area contributed by atoms with Gasteiger partial charge in [-0.1, -0.05) is 6.07 Å². The van der Waals surface area contributed by atoms with Crippen LogP contribution in [0.3, 0.4) is 0 Å². The molecule has 10 heteroatoms. The van der Waals surface area contributed by atoms with E-state index in [9.17, 15) is 9.59 Å². The third-order valence-electron chi connectivity index (χ3n) is 5.21. The summed E-state index contributed by atoms with van der Waals surface area (Å²) in [6.45, 7) is 2.95. The van der Waals surface area contributed by atoms with Crippen LogP contribution in [0.1, 0.15) is 19.2 Å². The molecule has 4 rings (SSSR count). The average Bonchev–Trinajstić information content (AvgIpc) is 3.45. The van der Waals surface area contributed by atoms with Gasteiger partial charge in [0.25, 0.3) is 0 Å². The SMILES string of the molecule is CCOc1ccc(-n2nnnc2CNC(=O)C2CC(=O)N(c3cccc(OC)c3)C2)cc1. The minimum Gasteiger partial charge on any atom is -0.497 e. The molecule has 2 aromatic carbocycles.